The first-order valence-corrected chi connectivity index (χ1v) is 10.4. The number of hydroxylamine groups is 1. The van der Waals surface area contributed by atoms with Crippen LogP contribution in [0.3, 0.4) is 0 Å². The van der Waals surface area contributed by atoms with E-state index in [-0.39, 0.29) is 17.9 Å². The van der Waals surface area contributed by atoms with Crippen molar-refractivity contribution in [2.75, 3.05) is 10.4 Å². The number of carbonyl (C=O) groups excluding carboxylic acids is 1. The molecule has 1 aliphatic heterocycles. The molecule has 140 valence electrons. The minimum absolute atomic E-state index is 0.0141. The Morgan fingerprint density at radius 3 is 2.46 bits per heavy atom. The molecule has 1 heterocycles. The van der Waals surface area contributed by atoms with E-state index in [1.165, 1.54) is 11.1 Å². The Morgan fingerprint density at radius 2 is 1.68 bits per heavy atom. The molecule has 1 N–H and O–H groups in total. The number of halogens is 1. The summed E-state index contributed by atoms with van der Waals surface area (Å²) in [5, 5.41) is 4.89. The highest BCUT2D eigenvalue weighted by Gasteiger charge is 2.52. The number of benzene rings is 3. The first-order chi connectivity index (χ1) is 13.7. The summed E-state index contributed by atoms with van der Waals surface area (Å²) in [6.07, 6.45) is 0.808. The van der Waals surface area contributed by atoms with Gasteiger partial charge in [-0.2, -0.15) is 0 Å². The molecule has 5 heteroatoms. The van der Waals surface area contributed by atoms with E-state index in [1.54, 1.807) is 5.06 Å². The van der Waals surface area contributed by atoms with Gasteiger partial charge in [-0.1, -0.05) is 42.5 Å². The number of hydrogen-bond acceptors (Lipinski definition) is 3. The van der Waals surface area contributed by atoms with E-state index in [2.05, 4.69) is 46.1 Å². The molecule has 0 radical (unpaired) electrons. The molecule has 0 bridgehead atoms. The summed E-state index contributed by atoms with van der Waals surface area (Å²) in [5.74, 6) is -0.0329. The Hall–Kier alpha value is -2.38. The summed E-state index contributed by atoms with van der Waals surface area (Å²) in [6, 6.07) is 25.7. The van der Waals surface area contributed by atoms with Crippen molar-refractivity contribution in [2.24, 2.45) is 0 Å². The lowest BCUT2D eigenvalue weighted by Gasteiger charge is -2.27. The van der Waals surface area contributed by atoms with Gasteiger partial charge in [-0.15, -0.1) is 0 Å². The average Bonchev–Trinajstić information content (AvgIpc) is 3.26. The zero-order chi connectivity index (χ0) is 19.1. The van der Waals surface area contributed by atoms with Crippen LogP contribution in [0, 0.1) is 3.57 Å². The highest BCUT2D eigenvalue weighted by molar-refractivity contribution is 14.1. The third kappa shape index (κ3) is 3.08. The number of rotatable bonds is 3. The van der Waals surface area contributed by atoms with Crippen molar-refractivity contribution in [2.45, 2.75) is 24.5 Å². The van der Waals surface area contributed by atoms with E-state index in [0.29, 0.717) is 0 Å². The van der Waals surface area contributed by atoms with Gasteiger partial charge in [-0.25, -0.2) is 5.06 Å². The summed E-state index contributed by atoms with van der Waals surface area (Å²) in [4.78, 5) is 19.7. The second-order valence-corrected chi connectivity index (χ2v) is 8.42. The topological polar surface area (TPSA) is 41.6 Å². The highest BCUT2D eigenvalue weighted by atomic mass is 127. The lowest BCUT2D eigenvalue weighted by atomic mass is 9.91. The number of amides is 1. The van der Waals surface area contributed by atoms with Gasteiger partial charge in [0.2, 0.25) is 5.91 Å². The lowest BCUT2D eigenvalue weighted by Crippen LogP contribution is -2.42. The molecule has 0 spiro atoms. The molecule has 1 saturated heterocycles. The van der Waals surface area contributed by atoms with Gasteiger partial charge in [0.05, 0.1) is 11.8 Å². The summed E-state index contributed by atoms with van der Waals surface area (Å²) >= 11 is 2.26. The number of anilines is 2. The van der Waals surface area contributed by atoms with E-state index in [4.69, 9.17) is 4.84 Å². The Kier molecular flexibility index (Phi) is 4.56. The second kappa shape index (κ2) is 7.22. The van der Waals surface area contributed by atoms with Crippen molar-refractivity contribution >= 4 is 39.9 Å². The van der Waals surface area contributed by atoms with Gasteiger partial charge in [0.1, 0.15) is 6.04 Å². The van der Waals surface area contributed by atoms with Gasteiger partial charge in [0, 0.05) is 21.6 Å². The van der Waals surface area contributed by atoms with Crippen LogP contribution in [0.4, 0.5) is 11.4 Å². The van der Waals surface area contributed by atoms with Gasteiger partial charge in [-0.3, -0.25) is 9.63 Å². The van der Waals surface area contributed by atoms with E-state index in [0.717, 1.165) is 21.4 Å². The smallest absolute Gasteiger partial charge is 0.250 e. The number of nitrogens with one attached hydrogen (secondary N) is 1. The zero-order valence-electron chi connectivity index (χ0n) is 15.1. The molecule has 1 fully saturated rings. The molecule has 0 aromatic heterocycles. The predicted molar refractivity (Wildman–Crippen MR) is 118 cm³/mol. The van der Waals surface area contributed by atoms with Crippen LogP contribution in [-0.2, 0) is 16.1 Å². The van der Waals surface area contributed by atoms with Crippen molar-refractivity contribution in [3.05, 3.63) is 93.6 Å². The zero-order valence-corrected chi connectivity index (χ0v) is 17.2. The number of fused-ring (bicyclic) bond motifs is 3. The molecular formula is C23H19IN2O2. The van der Waals surface area contributed by atoms with Crippen molar-refractivity contribution < 1.29 is 9.63 Å². The van der Waals surface area contributed by atoms with Gasteiger partial charge in [0.25, 0.3) is 0 Å². The SMILES string of the molecule is O=C(Nc1ccc(I)cc1)[C@@H]1[C@@H]2c3ccccc3C[C@H]2ON1c1ccccc1. The molecular weight excluding hydrogens is 463 g/mol. The van der Waals surface area contributed by atoms with Crippen LogP contribution in [-0.4, -0.2) is 18.1 Å². The first-order valence-electron chi connectivity index (χ1n) is 9.36. The molecule has 5 rings (SSSR count). The number of carbonyl (C=O) groups is 1. The third-order valence-corrected chi connectivity index (χ3v) is 6.19. The van der Waals surface area contributed by atoms with Crippen molar-refractivity contribution in [3.8, 4) is 0 Å². The van der Waals surface area contributed by atoms with Crippen LogP contribution < -0.4 is 10.4 Å². The average molecular weight is 482 g/mol. The molecule has 0 unspecified atom stereocenters. The minimum atomic E-state index is -0.421. The van der Waals surface area contributed by atoms with Crippen LogP contribution >= 0.6 is 22.6 Å². The molecule has 1 aliphatic carbocycles. The van der Waals surface area contributed by atoms with E-state index in [1.807, 2.05) is 60.7 Å². The maximum Gasteiger partial charge on any atom is 0.250 e. The summed E-state index contributed by atoms with van der Waals surface area (Å²) < 4.78 is 1.13. The van der Waals surface area contributed by atoms with E-state index in [9.17, 15) is 4.79 Å². The molecule has 3 aromatic carbocycles. The Bertz CT molecular complexity index is 1010. The van der Waals surface area contributed by atoms with Crippen molar-refractivity contribution in [1.29, 1.82) is 0 Å². The summed E-state index contributed by atoms with van der Waals surface area (Å²) in [5.41, 5.74) is 4.19. The highest BCUT2D eigenvalue weighted by Crippen LogP contribution is 2.46. The molecule has 4 nitrogen and oxygen atoms in total. The maximum absolute atomic E-state index is 13.4. The van der Waals surface area contributed by atoms with Gasteiger partial charge in [-0.05, 0) is 70.1 Å². The van der Waals surface area contributed by atoms with Crippen molar-refractivity contribution in [1.82, 2.24) is 0 Å². The molecule has 1 amide bonds. The fraction of sp³-hybridized carbons (Fsp3) is 0.174. The van der Waals surface area contributed by atoms with E-state index < -0.39 is 6.04 Å². The number of nitrogens with zero attached hydrogens (tertiary/aromatic N) is 1. The van der Waals surface area contributed by atoms with Crippen molar-refractivity contribution in [3.63, 3.8) is 0 Å². The standard InChI is InChI=1S/C23H19IN2O2/c24-16-10-12-17(13-11-16)25-23(27)22-21-19-9-5-4-6-15(19)14-20(21)28-26(22)18-7-2-1-3-8-18/h1-13,20-22H,14H2,(H,25,27)/t20-,21-,22+/m1/s1. The Morgan fingerprint density at radius 1 is 0.964 bits per heavy atom. The molecule has 3 aromatic rings. The van der Waals surface area contributed by atoms with Crippen LogP contribution in [0.25, 0.3) is 0 Å². The second-order valence-electron chi connectivity index (χ2n) is 7.17. The van der Waals surface area contributed by atoms with Gasteiger partial charge >= 0.3 is 0 Å². The number of para-hydroxylation sites is 1. The fourth-order valence-electron chi connectivity index (χ4n) is 4.24. The predicted octanol–water partition coefficient (Wildman–Crippen LogP) is 4.76. The maximum atomic E-state index is 13.4. The van der Waals surface area contributed by atoms with Gasteiger partial charge in [0.15, 0.2) is 0 Å². The van der Waals surface area contributed by atoms with Crippen LogP contribution in [0.1, 0.15) is 17.0 Å². The first kappa shape index (κ1) is 17.7. The minimum Gasteiger partial charge on any atom is -0.324 e. The van der Waals surface area contributed by atoms with E-state index >= 15 is 0 Å². The normalized spacial score (nSPS) is 22.6. The summed E-state index contributed by atoms with van der Waals surface area (Å²) in [6.45, 7) is 0. The molecule has 0 saturated carbocycles. The third-order valence-electron chi connectivity index (χ3n) is 5.47. The number of hydrogen-bond donors (Lipinski definition) is 1. The molecule has 2 aliphatic rings. The largest absolute Gasteiger partial charge is 0.324 e. The molecule has 3 atom stereocenters. The lowest BCUT2D eigenvalue weighted by molar-refractivity contribution is -0.118. The Labute approximate surface area is 177 Å². The Balaban J connectivity index is 1.51. The van der Waals surface area contributed by atoms with Crippen LogP contribution in [0.5, 0.6) is 0 Å². The molecule has 28 heavy (non-hydrogen) atoms. The van der Waals surface area contributed by atoms with Crippen LogP contribution in [0.15, 0.2) is 78.9 Å². The van der Waals surface area contributed by atoms with Crippen LogP contribution in [0.2, 0.25) is 0 Å². The quantitative estimate of drug-likeness (QED) is 0.548. The fourth-order valence-corrected chi connectivity index (χ4v) is 4.60. The monoisotopic (exact) mass is 482 g/mol. The van der Waals surface area contributed by atoms with Gasteiger partial charge < -0.3 is 5.32 Å². The summed E-state index contributed by atoms with van der Waals surface area (Å²) in [7, 11) is 0.